The average molecular weight is 196 g/mol. The van der Waals surface area contributed by atoms with E-state index in [4.69, 9.17) is 4.74 Å². The third-order valence-electron chi connectivity index (χ3n) is 1.62. The fourth-order valence-electron chi connectivity index (χ4n) is 0.965. The van der Waals surface area contributed by atoms with E-state index in [1.165, 1.54) is 13.2 Å². The minimum Gasteiger partial charge on any atom is -0.545 e. The van der Waals surface area contributed by atoms with Gasteiger partial charge in [-0.25, -0.2) is 0 Å². The summed E-state index contributed by atoms with van der Waals surface area (Å²) in [5.41, 5.74) is -1.000. The fourth-order valence-corrected chi connectivity index (χ4v) is 0.965. The first kappa shape index (κ1) is 9.97. The first-order chi connectivity index (χ1) is 6.56. The predicted molar refractivity (Wildman–Crippen MR) is 44.0 cm³/mol. The Labute approximate surface area is 78.9 Å². The maximum absolute atomic E-state index is 10.5. The van der Waals surface area contributed by atoms with Crippen molar-refractivity contribution in [3.05, 3.63) is 33.9 Å². The van der Waals surface area contributed by atoms with Crippen LogP contribution in [0.4, 0.5) is 5.69 Å². The number of hydrogen-bond donors (Lipinski definition) is 0. The number of aromatic carboxylic acids is 1. The van der Waals surface area contributed by atoms with Crippen molar-refractivity contribution in [2.45, 2.75) is 0 Å². The first-order valence-corrected chi connectivity index (χ1v) is 3.60. The Balaban J connectivity index is 3.31. The summed E-state index contributed by atoms with van der Waals surface area (Å²) >= 11 is 0. The second-order valence-corrected chi connectivity index (χ2v) is 2.43. The van der Waals surface area contributed by atoms with Gasteiger partial charge in [0.15, 0.2) is 0 Å². The number of carbonyl (C=O) groups excluding carboxylic acids is 1. The van der Waals surface area contributed by atoms with Crippen molar-refractivity contribution in [2.24, 2.45) is 0 Å². The third-order valence-corrected chi connectivity index (χ3v) is 1.62. The fraction of sp³-hybridized carbons (Fsp3) is 0.125. The molecule has 74 valence electrons. The molecule has 1 aromatic rings. The van der Waals surface area contributed by atoms with Crippen molar-refractivity contribution >= 4 is 11.7 Å². The predicted octanol–water partition coefficient (Wildman–Crippen LogP) is -0.0331. The zero-order valence-electron chi connectivity index (χ0n) is 7.22. The third kappa shape index (κ3) is 1.79. The van der Waals surface area contributed by atoms with Gasteiger partial charge in [0, 0.05) is 6.07 Å². The number of ether oxygens (including phenoxy) is 1. The lowest BCUT2D eigenvalue weighted by Crippen LogP contribution is -2.23. The number of methoxy groups -OCH3 is 1. The Morgan fingerprint density at radius 2 is 2.14 bits per heavy atom. The van der Waals surface area contributed by atoms with E-state index >= 15 is 0 Å². The van der Waals surface area contributed by atoms with Gasteiger partial charge in [0.2, 0.25) is 0 Å². The molecule has 0 bridgehead atoms. The van der Waals surface area contributed by atoms with Crippen LogP contribution in [-0.2, 0) is 0 Å². The Morgan fingerprint density at radius 1 is 1.50 bits per heavy atom. The van der Waals surface area contributed by atoms with Crippen LogP contribution in [0.5, 0.6) is 5.75 Å². The number of nitro benzene ring substituents is 1. The van der Waals surface area contributed by atoms with Crippen molar-refractivity contribution in [1.82, 2.24) is 0 Å². The van der Waals surface area contributed by atoms with Gasteiger partial charge in [0.1, 0.15) is 5.75 Å². The monoisotopic (exact) mass is 196 g/mol. The number of rotatable bonds is 3. The summed E-state index contributed by atoms with van der Waals surface area (Å²) in [4.78, 5) is 20.1. The molecule has 0 atom stereocenters. The molecule has 0 radical (unpaired) electrons. The van der Waals surface area contributed by atoms with Gasteiger partial charge in [-0.15, -0.1) is 0 Å². The summed E-state index contributed by atoms with van der Waals surface area (Å²) in [6, 6.07) is 3.42. The van der Waals surface area contributed by atoms with Gasteiger partial charge in [0.05, 0.1) is 23.6 Å². The molecule has 1 rings (SSSR count). The van der Waals surface area contributed by atoms with Crippen LogP contribution in [0.2, 0.25) is 0 Å². The maximum atomic E-state index is 10.5. The van der Waals surface area contributed by atoms with Crippen molar-refractivity contribution in [1.29, 1.82) is 0 Å². The van der Waals surface area contributed by atoms with Crippen LogP contribution in [0.3, 0.4) is 0 Å². The van der Waals surface area contributed by atoms with E-state index in [-0.39, 0.29) is 5.75 Å². The van der Waals surface area contributed by atoms with Crippen LogP contribution >= 0.6 is 0 Å². The minimum atomic E-state index is -1.60. The Kier molecular flexibility index (Phi) is 2.66. The van der Waals surface area contributed by atoms with E-state index in [2.05, 4.69) is 0 Å². The topological polar surface area (TPSA) is 92.5 Å². The molecule has 0 aromatic heterocycles. The molecular weight excluding hydrogens is 190 g/mol. The highest BCUT2D eigenvalue weighted by atomic mass is 16.6. The smallest absolute Gasteiger partial charge is 0.278 e. The van der Waals surface area contributed by atoms with E-state index in [9.17, 15) is 20.0 Å². The van der Waals surface area contributed by atoms with E-state index in [0.29, 0.717) is 0 Å². The highest BCUT2D eigenvalue weighted by Crippen LogP contribution is 2.22. The highest BCUT2D eigenvalue weighted by Gasteiger charge is 2.14. The van der Waals surface area contributed by atoms with Crippen LogP contribution in [0.25, 0.3) is 0 Å². The summed E-state index contributed by atoms with van der Waals surface area (Å²) in [5, 5.41) is 20.9. The number of nitro groups is 1. The van der Waals surface area contributed by atoms with Crippen molar-refractivity contribution in [2.75, 3.05) is 7.11 Å². The van der Waals surface area contributed by atoms with E-state index < -0.39 is 22.1 Å². The zero-order chi connectivity index (χ0) is 10.7. The number of benzene rings is 1. The molecule has 6 nitrogen and oxygen atoms in total. The van der Waals surface area contributed by atoms with Crippen molar-refractivity contribution in [3.8, 4) is 5.75 Å². The quantitative estimate of drug-likeness (QED) is 0.499. The average Bonchev–Trinajstić information content (AvgIpc) is 2.16. The van der Waals surface area contributed by atoms with Crippen LogP contribution < -0.4 is 9.84 Å². The molecule has 0 saturated heterocycles. The lowest BCUT2D eigenvalue weighted by atomic mass is 10.2. The van der Waals surface area contributed by atoms with Gasteiger partial charge >= 0.3 is 0 Å². The van der Waals surface area contributed by atoms with Crippen molar-refractivity contribution < 1.29 is 19.6 Å². The molecule has 0 saturated carbocycles. The SMILES string of the molecule is COc1ccc([N+](=O)[O-])c(C(=O)[O-])c1. The van der Waals surface area contributed by atoms with Crippen LogP contribution in [-0.4, -0.2) is 18.0 Å². The first-order valence-electron chi connectivity index (χ1n) is 3.60. The molecule has 14 heavy (non-hydrogen) atoms. The summed E-state index contributed by atoms with van der Waals surface area (Å²) in [7, 11) is 1.33. The highest BCUT2D eigenvalue weighted by molar-refractivity contribution is 5.91. The standard InChI is InChI=1S/C8H7NO5/c1-14-5-2-3-7(9(12)13)6(4-5)8(10)11/h2-4H,1H3,(H,10,11)/p-1. The molecule has 0 heterocycles. The number of hydrogen-bond acceptors (Lipinski definition) is 5. The molecule has 0 aliphatic heterocycles. The number of carbonyl (C=O) groups is 1. The molecular formula is C8H6NO5-. The second-order valence-electron chi connectivity index (χ2n) is 2.43. The van der Waals surface area contributed by atoms with Crippen LogP contribution in [0.15, 0.2) is 18.2 Å². The summed E-state index contributed by atoms with van der Waals surface area (Å²) in [5.74, 6) is -1.37. The summed E-state index contributed by atoms with van der Waals surface area (Å²) in [6.45, 7) is 0. The van der Waals surface area contributed by atoms with Gasteiger partial charge in [0.25, 0.3) is 5.69 Å². The van der Waals surface area contributed by atoms with Crippen LogP contribution in [0.1, 0.15) is 10.4 Å². The molecule has 0 spiro atoms. The number of carboxylic acids is 1. The van der Waals surface area contributed by atoms with Gasteiger partial charge in [-0.05, 0) is 12.1 Å². The summed E-state index contributed by atoms with van der Waals surface area (Å²) < 4.78 is 4.73. The zero-order valence-corrected chi connectivity index (χ0v) is 7.22. The minimum absolute atomic E-state index is 0.231. The van der Waals surface area contributed by atoms with Gasteiger partial charge in [-0.1, -0.05) is 0 Å². The lowest BCUT2D eigenvalue weighted by molar-refractivity contribution is -0.385. The molecule has 0 aliphatic rings. The van der Waals surface area contributed by atoms with Crippen molar-refractivity contribution in [3.63, 3.8) is 0 Å². The Hall–Kier alpha value is -2.11. The molecule has 0 unspecified atom stereocenters. The van der Waals surface area contributed by atoms with Gasteiger partial charge in [-0.3, -0.25) is 10.1 Å². The second kappa shape index (κ2) is 3.73. The molecule has 6 heteroatoms. The van der Waals surface area contributed by atoms with Crippen LogP contribution in [0, 0.1) is 10.1 Å². The molecule has 0 amide bonds. The molecule has 0 fully saturated rings. The van der Waals surface area contributed by atoms with E-state index in [1.54, 1.807) is 0 Å². The normalized spacial score (nSPS) is 9.50. The molecule has 1 aromatic carbocycles. The largest absolute Gasteiger partial charge is 0.545 e. The molecule has 0 N–H and O–H groups in total. The van der Waals surface area contributed by atoms with E-state index in [1.807, 2.05) is 0 Å². The van der Waals surface area contributed by atoms with Gasteiger partial charge in [-0.2, -0.15) is 0 Å². The Morgan fingerprint density at radius 3 is 2.57 bits per heavy atom. The van der Waals surface area contributed by atoms with E-state index in [0.717, 1.165) is 12.1 Å². The molecule has 0 aliphatic carbocycles. The van der Waals surface area contributed by atoms with Gasteiger partial charge < -0.3 is 14.6 Å². The number of carboxylic acid groups (broad SMARTS) is 1. The number of nitrogens with zero attached hydrogens (tertiary/aromatic N) is 1. The Bertz CT molecular complexity index is 387. The summed E-state index contributed by atoms with van der Waals surface area (Å²) in [6.07, 6.45) is 0. The maximum Gasteiger partial charge on any atom is 0.278 e. The lowest BCUT2D eigenvalue weighted by Gasteiger charge is -2.05.